The first-order chi connectivity index (χ1) is 19.1. The third-order valence-electron chi connectivity index (χ3n) is 6.74. The molecule has 39 heavy (non-hydrogen) atoms. The zero-order valence-corrected chi connectivity index (χ0v) is 24.3. The topological polar surface area (TPSA) is 101 Å². The maximum atomic E-state index is 12.5. The predicted molar refractivity (Wildman–Crippen MR) is 155 cm³/mol. The van der Waals surface area contributed by atoms with Crippen molar-refractivity contribution in [2.45, 2.75) is 77.9 Å². The summed E-state index contributed by atoms with van der Waals surface area (Å²) in [5.74, 6) is 0.0621. The quantitative estimate of drug-likeness (QED) is 0.212. The van der Waals surface area contributed by atoms with E-state index in [1.807, 2.05) is 31.2 Å². The Kier molecular flexibility index (Phi) is 18.3. The van der Waals surface area contributed by atoms with Gasteiger partial charge in [0.05, 0.1) is 13.2 Å². The molecule has 1 unspecified atom stereocenters. The summed E-state index contributed by atoms with van der Waals surface area (Å²) >= 11 is 0. The second-order valence-corrected chi connectivity index (χ2v) is 10.1. The van der Waals surface area contributed by atoms with Crippen molar-refractivity contribution in [3.05, 3.63) is 29.8 Å². The van der Waals surface area contributed by atoms with Gasteiger partial charge in [0, 0.05) is 52.4 Å². The summed E-state index contributed by atoms with van der Waals surface area (Å²) in [6.07, 6.45) is 8.30. The number of nitrogens with zero attached hydrogens (tertiary/aromatic N) is 1. The lowest BCUT2D eigenvalue weighted by atomic mass is 10.1. The molecule has 0 saturated carbocycles. The predicted octanol–water partition coefficient (Wildman–Crippen LogP) is 3.27. The van der Waals surface area contributed by atoms with E-state index in [0.717, 1.165) is 70.8 Å². The van der Waals surface area contributed by atoms with Gasteiger partial charge < -0.3 is 30.2 Å². The molecule has 1 aromatic carbocycles. The molecular formula is C30H52N4O5. The van der Waals surface area contributed by atoms with Gasteiger partial charge in [-0.2, -0.15) is 0 Å². The largest absolute Gasteiger partial charge is 0.479 e. The normalized spacial score (nSPS) is 16.5. The molecule has 1 aliphatic heterocycles. The number of benzene rings is 1. The fraction of sp³-hybridized carbons (Fsp3) is 0.733. The van der Waals surface area contributed by atoms with E-state index in [-0.39, 0.29) is 25.1 Å². The number of hydrogen-bond acceptors (Lipinski definition) is 9. The summed E-state index contributed by atoms with van der Waals surface area (Å²) in [4.78, 5) is 27.1. The highest BCUT2D eigenvalue weighted by Crippen LogP contribution is 2.19. The van der Waals surface area contributed by atoms with E-state index >= 15 is 0 Å². The maximum absolute atomic E-state index is 12.5. The minimum atomic E-state index is -0.607. The average molecular weight is 549 g/mol. The van der Waals surface area contributed by atoms with Gasteiger partial charge in [0.1, 0.15) is 12.4 Å². The maximum Gasteiger partial charge on any atom is 0.347 e. The van der Waals surface area contributed by atoms with E-state index in [1.165, 1.54) is 32.1 Å². The van der Waals surface area contributed by atoms with Crippen LogP contribution >= 0.6 is 0 Å². The number of nitrogens with one attached hydrogen (secondary N) is 3. The van der Waals surface area contributed by atoms with Crippen molar-refractivity contribution < 1.29 is 23.8 Å². The van der Waals surface area contributed by atoms with Crippen LogP contribution in [0.2, 0.25) is 0 Å². The number of rotatable bonds is 16. The molecule has 1 heterocycles. The molecule has 0 aliphatic carbocycles. The van der Waals surface area contributed by atoms with E-state index in [0.29, 0.717) is 18.8 Å². The van der Waals surface area contributed by atoms with Gasteiger partial charge in [-0.1, -0.05) is 57.6 Å². The van der Waals surface area contributed by atoms with Crippen molar-refractivity contribution in [3.63, 3.8) is 0 Å². The molecule has 0 amide bonds. The van der Waals surface area contributed by atoms with E-state index in [9.17, 15) is 9.59 Å². The molecule has 0 radical (unpaired) electrons. The molecule has 0 bridgehead atoms. The molecule has 3 N–H and O–H groups in total. The smallest absolute Gasteiger partial charge is 0.347 e. The Morgan fingerprint density at radius 2 is 1.38 bits per heavy atom. The van der Waals surface area contributed by atoms with Gasteiger partial charge >= 0.3 is 11.9 Å². The van der Waals surface area contributed by atoms with Crippen molar-refractivity contribution in [1.82, 2.24) is 20.9 Å². The Morgan fingerprint density at radius 3 is 2.00 bits per heavy atom. The van der Waals surface area contributed by atoms with Crippen LogP contribution in [0.25, 0.3) is 0 Å². The summed E-state index contributed by atoms with van der Waals surface area (Å²) < 4.78 is 16.8. The fourth-order valence-corrected chi connectivity index (χ4v) is 4.44. The van der Waals surface area contributed by atoms with E-state index in [4.69, 9.17) is 14.2 Å². The number of esters is 2. The molecule has 1 atom stereocenters. The molecule has 1 aromatic rings. The number of carbonyl (C=O) groups excluding carboxylic acids is 2. The standard InChI is InChI=1S/C30H52N4O5/c1-3-5-6-7-8-9-10-11-28(30(36)37-4-2)39-27-14-12-26(13-15-27)25-38-29(35)24-34-22-20-32-18-16-31-17-19-33-21-23-34/h12-15,28,31-33H,3-11,16-25H2,1-2H3. The van der Waals surface area contributed by atoms with Crippen LogP contribution in [0.5, 0.6) is 5.75 Å². The molecule has 0 spiro atoms. The summed E-state index contributed by atoms with van der Waals surface area (Å²) in [5, 5.41) is 10.2. The zero-order chi connectivity index (χ0) is 28.0. The van der Waals surface area contributed by atoms with Crippen molar-refractivity contribution in [2.24, 2.45) is 0 Å². The van der Waals surface area contributed by atoms with Gasteiger partial charge in [0.25, 0.3) is 0 Å². The molecular weight excluding hydrogens is 496 g/mol. The monoisotopic (exact) mass is 548 g/mol. The third kappa shape index (κ3) is 15.8. The molecule has 1 aliphatic rings. The highest BCUT2D eigenvalue weighted by Gasteiger charge is 2.21. The van der Waals surface area contributed by atoms with E-state index in [2.05, 4.69) is 27.8 Å². The molecule has 2 rings (SSSR count). The summed E-state index contributed by atoms with van der Waals surface area (Å²) in [6, 6.07) is 7.39. The average Bonchev–Trinajstić information content (AvgIpc) is 2.93. The zero-order valence-electron chi connectivity index (χ0n) is 24.3. The second kappa shape index (κ2) is 21.6. The highest BCUT2D eigenvalue weighted by atomic mass is 16.6. The molecule has 1 saturated heterocycles. The van der Waals surface area contributed by atoms with Crippen LogP contribution < -0.4 is 20.7 Å². The second-order valence-electron chi connectivity index (χ2n) is 10.1. The van der Waals surface area contributed by atoms with Crippen LogP contribution in [0.15, 0.2) is 24.3 Å². The minimum absolute atomic E-state index is 0.203. The Balaban J connectivity index is 1.76. The summed E-state index contributed by atoms with van der Waals surface area (Å²) in [7, 11) is 0. The Morgan fingerprint density at radius 1 is 0.795 bits per heavy atom. The first-order valence-corrected chi connectivity index (χ1v) is 15.0. The minimum Gasteiger partial charge on any atom is -0.479 e. The first kappa shape index (κ1) is 33.0. The number of ether oxygens (including phenoxy) is 3. The van der Waals surface area contributed by atoms with Gasteiger partial charge in [-0.25, -0.2) is 4.79 Å². The van der Waals surface area contributed by atoms with Crippen LogP contribution in [-0.2, 0) is 25.7 Å². The fourth-order valence-electron chi connectivity index (χ4n) is 4.44. The highest BCUT2D eigenvalue weighted by molar-refractivity contribution is 5.75. The molecule has 222 valence electrons. The molecule has 1 fully saturated rings. The van der Waals surface area contributed by atoms with E-state index in [1.54, 1.807) is 0 Å². The van der Waals surface area contributed by atoms with Crippen molar-refractivity contribution in [3.8, 4) is 5.75 Å². The first-order valence-electron chi connectivity index (χ1n) is 15.0. The van der Waals surface area contributed by atoms with Crippen molar-refractivity contribution in [1.29, 1.82) is 0 Å². The Bertz CT molecular complexity index is 765. The van der Waals surface area contributed by atoms with Crippen LogP contribution in [0.4, 0.5) is 0 Å². The number of unbranched alkanes of at least 4 members (excludes halogenated alkanes) is 6. The molecule has 9 nitrogen and oxygen atoms in total. The lowest BCUT2D eigenvalue weighted by molar-refractivity contribution is -0.151. The third-order valence-corrected chi connectivity index (χ3v) is 6.74. The lowest BCUT2D eigenvalue weighted by Gasteiger charge is -2.22. The van der Waals surface area contributed by atoms with E-state index < -0.39 is 6.10 Å². The number of carbonyl (C=O) groups is 2. The van der Waals surface area contributed by atoms with Gasteiger partial charge in [-0.3, -0.25) is 9.69 Å². The Labute approximate surface area is 235 Å². The van der Waals surface area contributed by atoms with Gasteiger partial charge in [0.2, 0.25) is 0 Å². The van der Waals surface area contributed by atoms with Crippen LogP contribution in [0, 0.1) is 0 Å². The SMILES string of the molecule is CCCCCCCCCC(Oc1ccc(COC(=O)CN2CCNCCNCCNCC2)cc1)C(=O)OCC. The van der Waals surface area contributed by atoms with Gasteiger partial charge in [-0.15, -0.1) is 0 Å². The lowest BCUT2D eigenvalue weighted by Crippen LogP contribution is -2.43. The van der Waals surface area contributed by atoms with Gasteiger partial charge in [-0.05, 0) is 37.5 Å². The van der Waals surface area contributed by atoms with Crippen LogP contribution in [0.3, 0.4) is 0 Å². The molecule has 9 heteroatoms. The van der Waals surface area contributed by atoms with Crippen molar-refractivity contribution in [2.75, 3.05) is 65.5 Å². The van der Waals surface area contributed by atoms with Gasteiger partial charge in [0.15, 0.2) is 6.10 Å². The van der Waals surface area contributed by atoms with Crippen molar-refractivity contribution >= 4 is 11.9 Å². The summed E-state index contributed by atoms with van der Waals surface area (Å²) in [5.41, 5.74) is 0.875. The number of hydrogen-bond donors (Lipinski definition) is 3. The molecule has 0 aromatic heterocycles. The summed E-state index contributed by atoms with van der Waals surface area (Å²) in [6.45, 7) is 11.8. The van der Waals surface area contributed by atoms with Crippen LogP contribution in [-0.4, -0.2) is 88.5 Å². The Hall–Kier alpha value is -2.20. The van der Waals surface area contributed by atoms with Crippen LogP contribution in [0.1, 0.15) is 70.8 Å².